The number of nitrogens with zero attached hydrogens (tertiary/aromatic N) is 3. The molecule has 3 heterocycles. The summed E-state index contributed by atoms with van der Waals surface area (Å²) in [6.07, 6.45) is -0.769. The van der Waals surface area contributed by atoms with Gasteiger partial charge in [-0.05, 0) is 6.07 Å². The molecule has 2 amide bonds. The van der Waals surface area contributed by atoms with Crippen molar-refractivity contribution < 1.29 is 33.3 Å². The zero-order chi connectivity index (χ0) is 20.9. The van der Waals surface area contributed by atoms with E-state index in [2.05, 4.69) is 4.98 Å². The molecule has 0 atom stereocenters. The number of fused-ring (bicyclic) bond motifs is 1. The summed E-state index contributed by atoms with van der Waals surface area (Å²) in [6, 6.07) is 8.70. The lowest BCUT2D eigenvalue weighted by Crippen LogP contribution is -2.29. The third-order valence-electron chi connectivity index (χ3n) is 4.81. The second-order valence-electron chi connectivity index (χ2n) is 6.71. The van der Waals surface area contributed by atoms with E-state index in [1.807, 2.05) is 6.07 Å². The minimum atomic E-state index is -0.533. The number of esters is 1. The summed E-state index contributed by atoms with van der Waals surface area (Å²) in [4.78, 5) is 43.1. The Morgan fingerprint density at radius 2 is 1.67 bits per heavy atom. The zero-order valence-corrected chi connectivity index (χ0v) is 16.2. The van der Waals surface area contributed by atoms with Gasteiger partial charge in [-0.3, -0.25) is 0 Å². The van der Waals surface area contributed by atoms with Crippen molar-refractivity contribution in [2.75, 3.05) is 52.6 Å². The second kappa shape index (κ2) is 8.85. The van der Waals surface area contributed by atoms with Crippen LogP contribution in [0.5, 0.6) is 5.88 Å². The largest absolute Gasteiger partial charge is 0.476 e. The number of aromatic nitrogens is 1. The highest BCUT2D eigenvalue weighted by molar-refractivity contribution is 6.03. The van der Waals surface area contributed by atoms with Gasteiger partial charge in [0.25, 0.3) is 0 Å². The van der Waals surface area contributed by atoms with E-state index in [9.17, 15) is 14.4 Å². The lowest BCUT2D eigenvalue weighted by Gasteiger charge is -2.15. The molecule has 2 aromatic rings. The number of benzene rings is 1. The molecule has 2 saturated heterocycles. The van der Waals surface area contributed by atoms with Gasteiger partial charge in [-0.15, -0.1) is 0 Å². The average molecular weight is 415 g/mol. The molecule has 10 nitrogen and oxygen atoms in total. The van der Waals surface area contributed by atoms with Crippen LogP contribution >= 0.6 is 0 Å². The van der Waals surface area contributed by atoms with Crippen molar-refractivity contribution in [3.63, 3.8) is 0 Å². The lowest BCUT2D eigenvalue weighted by molar-refractivity contribution is 0.0479. The van der Waals surface area contributed by atoms with Crippen molar-refractivity contribution in [3.8, 4) is 5.88 Å². The van der Waals surface area contributed by atoms with E-state index >= 15 is 0 Å². The summed E-state index contributed by atoms with van der Waals surface area (Å²) in [6.45, 7) is 2.62. The smallest absolute Gasteiger partial charge is 0.410 e. The Kier molecular flexibility index (Phi) is 5.82. The standard InChI is InChI=1S/C20H21N3O7/c24-18(28-10-6-23-8-12-30-20(23)26)15-13-17(21-16-4-2-1-3-14(15)16)27-9-5-22-7-11-29-19(22)25/h1-4,13H,5-12H2. The van der Waals surface area contributed by atoms with Crippen LogP contribution in [-0.4, -0.2) is 85.5 Å². The van der Waals surface area contributed by atoms with E-state index in [0.717, 1.165) is 0 Å². The number of cyclic esters (lactones) is 2. The van der Waals surface area contributed by atoms with E-state index in [0.29, 0.717) is 49.3 Å². The van der Waals surface area contributed by atoms with Crippen LogP contribution in [0.25, 0.3) is 10.9 Å². The summed E-state index contributed by atoms with van der Waals surface area (Å²) in [5.41, 5.74) is 0.908. The van der Waals surface area contributed by atoms with E-state index < -0.39 is 12.1 Å². The molecular formula is C20H21N3O7. The molecule has 0 saturated carbocycles. The Balaban J connectivity index is 1.42. The number of pyridine rings is 1. The predicted octanol–water partition coefficient (Wildman–Crippen LogP) is 1.67. The number of carbonyl (C=O) groups excluding carboxylic acids is 3. The van der Waals surface area contributed by atoms with Gasteiger partial charge in [0.05, 0.1) is 37.3 Å². The number of rotatable bonds is 8. The summed E-state index contributed by atoms with van der Waals surface area (Å²) in [5, 5.41) is 0.638. The Hall–Kier alpha value is -3.56. The molecule has 10 heteroatoms. The molecule has 1 aromatic heterocycles. The van der Waals surface area contributed by atoms with Crippen LogP contribution in [0.15, 0.2) is 30.3 Å². The fraction of sp³-hybridized carbons (Fsp3) is 0.400. The van der Waals surface area contributed by atoms with E-state index in [1.54, 1.807) is 23.1 Å². The van der Waals surface area contributed by atoms with Crippen molar-refractivity contribution >= 4 is 29.1 Å². The predicted molar refractivity (Wildman–Crippen MR) is 103 cm³/mol. The van der Waals surface area contributed by atoms with E-state index in [4.69, 9.17) is 18.9 Å². The Bertz CT molecular complexity index is 965. The molecule has 1 aromatic carbocycles. The molecule has 0 bridgehead atoms. The Morgan fingerprint density at radius 3 is 2.33 bits per heavy atom. The fourth-order valence-electron chi connectivity index (χ4n) is 3.24. The van der Waals surface area contributed by atoms with Crippen LogP contribution < -0.4 is 4.74 Å². The molecule has 2 fully saturated rings. The van der Waals surface area contributed by atoms with Crippen molar-refractivity contribution in [2.45, 2.75) is 0 Å². The second-order valence-corrected chi connectivity index (χ2v) is 6.71. The van der Waals surface area contributed by atoms with Gasteiger partial charge in [-0.1, -0.05) is 18.2 Å². The van der Waals surface area contributed by atoms with Crippen LogP contribution in [0.3, 0.4) is 0 Å². The lowest BCUT2D eigenvalue weighted by atomic mass is 10.1. The summed E-state index contributed by atoms with van der Waals surface area (Å²) < 4.78 is 20.8. The number of para-hydroxylation sites is 1. The highest BCUT2D eigenvalue weighted by Gasteiger charge is 2.23. The van der Waals surface area contributed by atoms with Crippen LogP contribution in [0.4, 0.5) is 9.59 Å². The monoisotopic (exact) mass is 415 g/mol. The van der Waals surface area contributed by atoms with Crippen molar-refractivity contribution in [1.29, 1.82) is 0 Å². The van der Waals surface area contributed by atoms with Crippen molar-refractivity contribution in [1.82, 2.24) is 14.8 Å². The van der Waals surface area contributed by atoms with Gasteiger partial charge in [-0.2, -0.15) is 0 Å². The van der Waals surface area contributed by atoms with Crippen LogP contribution in [-0.2, 0) is 14.2 Å². The summed E-state index contributed by atoms with van der Waals surface area (Å²) in [7, 11) is 0. The maximum atomic E-state index is 12.7. The van der Waals surface area contributed by atoms with Gasteiger partial charge in [0, 0.05) is 11.5 Å². The summed E-state index contributed by atoms with van der Waals surface area (Å²) in [5.74, 6) is -0.273. The third kappa shape index (κ3) is 4.37. The quantitative estimate of drug-likeness (QED) is 0.473. The third-order valence-corrected chi connectivity index (χ3v) is 4.81. The first kappa shape index (κ1) is 19.7. The number of hydrogen-bond acceptors (Lipinski definition) is 8. The first-order chi connectivity index (χ1) is 14.6. The molecule has 158 valence electrons. The van der Waals surface area contributed by atoms with Crippen LogP contribution in [0.2, 0.25) is 0 Å². The minimum Gasteiger partial charge on any atom is -0.476 e. The van der Waals surface area contributed by atoms with Gasteiger partial charge in [0.15, 0.2) is 0 Å². The SMILES string of the molecule is O=C(OCCN1CCOC1=O)c1cc(OCCN2CCOC2=O)nc2ccccc12. The first-order valence-corrected chi connectivity index (χ1v) is 9.65. The highest BCUT2D eigenvalue weighted by Crippen LogP contribution is 2.23. The van der Waals surface area contributed by atoms with Gasteiger partial charge < -0.3 is 28.7 Å². The normalized spacial score (nSPS) is 16.0. The molecule has 0 spiro atoms. The zero-order valence-electron chi connectivity index (χ0n) is 16.2. The molecule has 0 radical (unpaired) electrons. The first-order valence-electron chi connectivity index (χ1n) is 9.65. The topological polar surface area (TPSA) is 107 Å². The Labute approximate surface area is 172 Å². The maximum Gasteiger partial charge on any atom is 0.410 e. The molecule has 0 unspecified atom stereocenters. The molecule has 30 heavy (non-hydrogen) atoms. The molecule has 0 N–H and O–H groups in total. The summed E-state index contributed by atoms with van der Waals surface area (Å²) >= 11 is 0. The van der Waals surface area contributed by atoms with Gasteiger partial charge in [-0.25, -0.2) is 19.4 Å². The molecule has 2 aliphatic heterocycles. The van der Waals surface area contributed by atoms with Crippen molar-refractivity contribution in [3.05, 3.63) is 35.9 Å². The number of carbonyl (C=O) groups is 3. The number of amides is 2. The molecular weight excluding hydrogens is 394 g/mol. The van der Waals surface area contributed by atoms with Gasteiger partial charge >= 0.3 is 18.2 Å². The maximum absolute atomic E-state index is 12.7. The number of ether oxygens (including phenoxy) is 4. The van der Waals surface area contributed by atoms with Crippen LogP contribution in [0, 0.1) is 0 Å². The fourth-order valence-corrected chi connectivity index (χ4v) is 3.24. The molecule has 2 aliphatic rings. The molecule has 0 aliphatic carbocycles. The number of hydrogen-bond donors (Lipinski definition) is 0. The minimum absolute atomic E-state index is 0.0534. The average Bonchev–Trinajstić information content (AvgIpc) is 3.35. The van der Waals surface area contributed by atoms with Crippen LogP contribution in [0.1, 0.15) is 10.4 Å². The van der Waals surface area contributed by atoms with Gasteiger partial charge in [0.2, 0.25) is 5.88 Å². The van der Waals surface area contributed by atoms with E-state index in [1.165, 1.54) is 11.0 Å². The highest BCUT2D eigenvalue weighted by atomic mass is 16.6. The van der Waals surface area contributed by atoms with E-state index in [-0.39, 0.29) is 31.7 Å². The van der Waals surface area contributed by atoms with Crippen molar-refractivity contribution in [2.24, 2.45) is 0 Å². The van der Waals surface area contributed by atoms with Gasteiger partial charge in [0.1, 0.15) is 26.4 Å². The molecule has 4 rings (SSSR count). The Morgan fingerprint density at radius 1 is 1.00 bits per heavy atom.